The van der Waals surface area contributed by atoms with Gasteiger partial charge in [0.1, 0.15) is 0 Å². The summed E-state index contributed by atoms with van der Waals surface area (Å²) >= 11 is 0. The first-order valence-electron chi connectivity index (χ1n) is 6.84. The molecule has 1 aliphatic heterocycles. The molecule has 0 saturated carbocycles. The Bertz CT molecular complexity index is 518. The van der Waals surface area contributed by atoms with Crippen LogP contribution in [0, 0.1) is 10.1 Å². The molecule has 6 heteroatoms. The van der Waals surface area contributed by atoms with Gasteiger partial charge in [0.2, 0.25) is 5.91 Å². The Morgan fingerprint density at radius 3 is 2.90 bits per heavy atom. The summed E-state index contributed by atoms with van der Waals surface area (Å²) in [5.74, 6) is 0.0666. The Kier molecular flexibility index (Phi) is 4.34. The average Bonchev–Trinajstić information content (AvgIpc) is 2.57. The number of hydrogen-bond donors (Lipinski definition) is 1. The Balaban J connectivity index is 2.42. The van der Waals surface area contributed by atoms with Crippen LogP contribution in [0.4, 0.5) is 5.69 Å². The van der Waals surface area contributed by atoms with Gasteiger partial charge in [-0.2, -0.15) is 0 Å². The summed E-state index contributed by atoms with van der Waals surface area (Å²) in [6.07, 6.45) is 2.00. The molecule has 1 aromatic rings. The van der Waals surface area contributed by atoms with E-state index in [-0.39, 0.29) is 23.7 Å². The quantitative estimate of drug-likeness (QED) is 0.676. The molecule has 20 heavy (non-hydrogen) atoms. The van der Waals surface area contributed by atoms with Crippen LogP contribution in [0.25, 0.3) is 0 Å². The van der Waals surface area contributed by atoms with Gasteiger partial charge in [0.15, 0.2) is 0 Å². The highest BCUT2D eigenvalue weighted by Gasteiger charge is 2.32. The zero-order valence-corrected chi connectivity index (χ0v) is 11.5. The van der Waals surface area contributed by atoms with Crippen LogP contribution in [0.1, 0.15) is 37.8 Å². The first-order valence-corrected chi connectivity index (χ1v) is 6.84. The van der Waals surface area contributed by atoms with Gasteiger partial charge in [-0.1, -0.05) is 12.1 Å². The van der Waals surface area contributed by atoms with E-state index in [1.54, 1.807) is 17.0 Å². The lowest BCUT2D eigenvalue weighted by Gasteiger charge is -2.33. The molecule has 2 unspecified atom stereocenters. The van der Waals surface area contributed by atoms with Gasteiger partial charge in [-0.05, 0) is 25.3 Å². The van der Waals surface area contributed by atoms with Crippen molar-refractivity contribution in [2.75, 3.05) is 6.54 Å². The summed E-state index contributed by atoms with van der Waals surface area (Å²) in [6.45, 7) is 2.46. The Labute approximate surface area is 117 Å². The van der Waals surface area contributed by atoms with Gasteiger partial charge in [-0.3, -0.25) is 14.9 Å². The van der Waals surface area contributed by atoms with Gasteiger partial charge >= 0.3 is 0 Å². The molecule has 1 amide bonds. The lowest BCUT2D eigenvalue weighted by molar-refractivity contribution is -0.385. The van der Waals surface area contributed by atoms with Crippen molar-refractivity contribution in [1.29, 1.82) is 0 Å². The zero-order chi connectivity index (χ0) is 14.7. The minimum Gasteiger partial charge on any atom is -0.334 e. The van der Waals surface area contributed by atoms with Crippen LogP contribution in [0.5, 0.6) is 0 Å². The molecule has 2 atom stereocenters. The molecule has 1 aliphatic rings. The van der Waals surface area contributed by atoms with Crippen LogP contribution >= 0.6 is 0 Å². The van der Waals surface area contributed by atoms with Gasteiger partial charge in [0.25, 0.3) is 5.69 Å². The molecule has 1 heterocycles. The highest BCUT2D eigenvalue weighted by atomic mass is 16.6. The molecule has 108 valence electrons. The van der Waals surface area contributed by atoms with E-state index in [0.717, 1.165) is 18.4 Å². The van der Waals surface area contributed by atoms with Crippen molar-refractivity contribution in [2.45, 2.75) is 38.3 Å². The summed E-state index contributed by atoms with van der Waals surface area (Å²) in [6, 6.07) is 5.94. The number of nitrogens with two attached hydrogens (primary N) is 1. The maximum Gasteiger partial charge on any atom is 0.269 e. The molecule has 0 aliphatic carbocycles. The first kappa shape index (κ1) is 14.5. The maximum absolute atomic E-state index is 12.1. The standard InChI is InChI=1S/C14H19N3O3/c1-2-16-13(18)8-4-7-12(15)14(16)10-5-3-6-11(9-10)17(19)20/h3,5-6,9,12,14H,2,4,7-8,15H2,1H3. The number of carbonyl (C=O) groups excluding carboxylic acids is 1. The second kappa shape index (κ2) is 6.00. The molecular weight excluding hydrogens is 258 g/mol. The number of hydrogen-bond acceptors (Lipinski definition) is 4. The summed E-state index contributed by atoms with van der Waals surface area (Å²) < 4.78 is 0. The van der Waals surface area contributed by atoms with E-state index in [1.165, 1.54) is 12.1 Å². The van der Waals surface area contributed by atoms with Crippen LogP contribution < -0.4 is 5.73 Å². The fraction of sp³-hybridized carbons (Fsp3) is 0.500. The third-order valence-electron chi connectivity index (χ3n) is 3.75. The number of non-ortho nitro benzene ring substituents is 1. The van der Waals surface area contributed by atoms with E-state index in [4.69, 9.17) is 5.73 Å². The van der Waals surface area contributed by atoms with Crippen LogP contribution in [0.2, 0.25) is 0 Å². The third kappa shape index (κ3) is 2.80. The van der Waals surface area contributed by atoms with E-state index in [2.05, 4.69) is 0 Å². The molecule has 0 radical (unpaired) electrons. The molecule has 2 rings (SSSR count). The number of rotatable bonds is 3. The van der Waals surface area contributed by atoms with E-state index < -0.39 is 4.92 Å². The largest absolute Gasteiger partial charge is 0.334 e. The number of likely N-dealkylation sites (N-methyl/N-ethyl adjacent to an activating group) is 1. The van der Waals surface area contributed by atoms with Crippen molar-refractivity contribution >= 4 is 11.6 Å². The summed E-state index contributed by atoms with van der Waals surface area (Å²) in [5, 5.41) is 10.9. The SMILES string of the molecule is CCN1C(=O)CCCC(N)C1c1cccc([N+](=O)[O-])c1. The van der Waals surface area contributed by atoms with Crippen LogP contribution in [-0.2, 0) is 4.79 Å². The minimum atomic E-state index is -0.427. The van der Waals surface area contributed by atoms with Crippen molar-refractivity contribution in [2.24, 2.45) is 5.73 Å². The van der Waals surface area contributed by atoms with Crippen LogP contribution in [0.15, 0.2) is 24.3 Å². The Hall–Kier alpha value is -1.95. The second-order valence-electron chi connectivity index (χ2n) is 5.03. The van der Waals surface area contributed by atoms with Crippen molar-refractivity contribution in [3.8, 4) is 0 Å². The zero-order valence-electron chi connectivity index (χ0n) is 11.5. The van der Waals surface area contributed by atoms with E-state index in [9.17, 15) is 14.9 Å². The number of carbonyl (C=O) groups is 1. The summed E-state index contributed by atoms with van der Waals surface area (Å²) in [7, 11) is 0. The normalized spacial score (nSPS) is 23.5. The number of benzene rings is 1. The van der Waals surface area contributed by atoms with E-state index in [0.29, 0.717) is 13.0 Å². The van der Waals surface area contributed by atoms with Gasteiger partial charge in [-0.25, -0.2) is 0 Å². The van der Waals surface area contributed by atoms with Crippen LogP contribution in [-0.4, -0.2) is 28.3 Å². The average molecular weight is 277 g/mol. The molecule has 1 saturated heterocycles. The van der Waals surface area contributed by atoms with Crippen molar-refractivity contribution in [1.82, 2.24) is 4.90 Å². The molecule has 0 spiro atoms. The topological polar surface area (TPSA) is 89.5 Å². The van der Waals surface area contributed by atoms with E-state index >= 15 is 0 Å². The van der Waals surface area contributed by atoms with Crippen molar-refractivity contribution < 1.29 is 9.72 Å². The lowest BCUT2D eigenvalue weighted by atomic mass is 9.96. The molecule has 6 nitrogen and oxygen atoms in total. The number of nitrogens with zero attached hydrogens (tertiary/aromatic N) is 2. The number of nitro benzene ring substituents is 1. The molecule has 2 N–H and O–H groups in total. The maximum atomic E-state index is 12.1. The van der Waals surface area contributed by atoms with Crippen LogP contribution in [0.3, 0.4) is 0 Å². The summed E-state index contributed by atoms with van der Waals surface area (Å²) in [5.41, 5.74) is 6.97. The third-order valence-corrected chi connectivity index (χ3v) is 3.75. The number of amides is 1. The number of likely N-dealkylation sites (tertiary alicyclic amines) is 1. The highest BCUT2D eigenvalue weighted by molar-refractivity contribution is 5.77. The predicted octanol–water partition coefficient (Wildman–Crippen LogP) is 2.00. The Morgan fingerprint density at radius 1 is 1.50 bits per heavy atom. The monoisotopic (exact) mass is 277 g/mol. The Morgan fingerprint density at radius 2 is 2.25 bits per heavy atom. The van der Waals surface area contributed by atoms with Gasteiger partial charge in [-0.15, -0.1) is 0 Å². The fourth-order valence-electron chi connectivity index (χ4n) is 2.80. The molecular formula is C14H19N3O3. The smallest absolute Gasteiger partial charge is 0.269 e. The second-order valence-corrected chi connectivity index (χ2v) is 5.03. The minimum absolute atomic E-state index is 0.0300. The first-order chi connectivity index (χ1) is 9.54. The van der Waals surface area contributed by atoms with Gasteiger partial charge < -0.3 is 10.6 Å². The summed E-state index contributed by atoms with van der Waals surface area (Å²) in [4.78, 5) is 24.3. The van der Waals surface area contributed by atoms with Crippen molar-refractivity contribution in [3.63, 3.8) is 0 Å². The van der Waals surface area contributed by atoms with Gasteiger partial charge in [0, 0.05) is 31.1 Å². The van der Waals surface area contributed by atoms with E-state index in [1.807, 2.05) is 6.92 Å². The highest BCUT2D eigenvalue weighted by Crippen LogP contribution is 2.31. The number of nitro groups is 1. The molecule has 0 aromatic heterocycles. The van der Waals surface area contributed by atoms with Crippen molar-refractivity contribution in [3.05, 3.63) is 39.9 Å². The lowest BCUT2D eigenvalue weighted by Crippen LogP contribution is -2.42. The van der Waals surface area contributed by atoms with Gasteiger partial charge in [0.05, 0.1) is 11.0 Å². The predicted molar refractivity (Wildman–Crippen MR) is 75.1 cm³/mol. The molecule has 0 bridgehead atoms. The molecule has 1 aromatic carbocycles. The molecule has 1 fully saturated rings. The fourth-order valence-corrected chi connectivity index (χ4v) is 2.80.